The molecule has 0 aromatic heterocycles. The van der Waals surface area contributed by atoms with Crippen molar-refractivity contribution in [1.82, 2.24) is 14.7 Å². The highest BCUT2D eigenvalue weighted by Gasteiger charge is 2.27. The molecule has 1 N–H and O–H groups in total. The molecule has 0 radical (unpaired) electrons. The summed E-state index contributed by atoms with van der Waals surface area (Å²) in [5.41, 5.74) is 3.16. The molecule has 2 saturated heterocycles. The molecular formula is C23H36N4O2. The van der Waals surface area contributed by atoms with Crippen LogP contribution in [0.1, 0.15) is 31.4 Å². The molecule has 2 aliphatic heterocycles. The van der Waals surface area contributed by atoms with Gasteiger partial charge in [0.2, 0.25) is 11.8 Å². The van der Waals surface area contributed by atoms with Crippen LogP contribution in [0.3, 0.4) is 0 Å². The minimum atomic E-state index is 0.0239. The largest absolute Gasteiger partial charge is 0.341 e. The zero-order valence-corrected chi connectivity index (χ0v) is 18.4. The second-order valence-electron chi connectivity index (χ2n) is 9.22. The first kappa shape index (κ1) is 21.8. The lowest BCUT2D eigenvalue weighted by molar-refractivity contribution is -0.135. The van der Waals surface area contributed by atoms with Crippen LogP contribution in [0.4, 0.5) is 5.69 Å². The molecule has 0 unspecified atom stereocenters. The molecule has 3 rings (SSSR count). The fourth-order valence-corrected chi connectivity index (χ4v) is 4.71. The molecule has 6 nitrogen and oxygen atoms in total. The van der Waals surface area contributed by atoms with Gasteiger partial charge in [-0.1, -0.05) is 19.9 Å². The van der Waals surface area contributed by atoms with Crippen molar-refractivity contribution in [2.75, 3.05) is 57.7 Å². The Morgan fingerprint density at radius 2 is 1.41 bits per heavy atom. The lowest BCUT2D eigenvalue weighted by Gasteiger charge is -2.38. The highest BCUT2D eigenvalue weighted by molar-refractivity contribution is 5.92. The average molecular weight is 401 g/mol. The monoisotopic (exact) mass is 400 g/mol. The van der Waals surface area contributed by atoms with Gasteiger partial charge in [-0.25, -0.2) is 0 Å². The van der Waals surface area contributed by atoms with E-state index in [2.05, 4.69) is 35.0 Å². The van der Waals surface area contributed by atoms with Crippen molar-refractivity contribution >= 4 is 17.5 Å². The van der Waals surface area contributed by atoms with Crippen LogP contribution in [0.2, 0.25) is 0 Å². The highest BCUT2D eigenvalue weighted by Crippen LogP contribution is 2.21. The van der Waals surface area contributed by atoms with E-state index in [1.807, 2.05) is 30.9 Å². The normalized spacial score (nSPS) is 23.8. The SMILES string of the molecule is Cc1cc(C)cc(NC(=O)CN2CCN(CC(=O)N3C[C@H](C)C[C@@H](C)C3)CC2)c1. The minimum Gasteiger partial charge on any atom is -0.341 e. The molecule has 29 heavy (non-hydrogen) atoms. The van der Waals surface area contributed by atoms with Gasteiger partial charge >= 0.3 is 0 Å². The van der Waals surface area contributed by atoms with E-state index in [0.29, 0.717) is 24.9 Å². The van der Waals surface area contributed by atoms with Crippen LogP contribution in [0.5, 0.6) is 0 Å². The van der Waals surface area contributed by atoms with E-state index in [4.69, 9.17) is 0 Å². The number of benzene rings is 1. The van der Waals surface area contributed by atoms with E-state index in [0.717, 1.165) is 56.1 Å². The third kappa shape index (κ3) is 6.54. The van der Waals surface area contributed by atoms with Gasteiger partial charge in [0.1, 0.15) is 0 Å². The Labute approximate surface area is 175 Å². The summed E-state index contributed by atoms with van der Waals surface area (Å²) in [7, 11) is 0. The molecule has 2 atom stereocenters. The van der Waals surface area contributed by atoms with Crippen molar-refractivity contribution in [3.8, 4) is 0 Å². The molecule has 1 aromatic carbocycles. The second kappa shape index (κ2) is 9.72. The zero-order chi connectivity index (χ0) is 21.0. The molecule has 0 saturated carbocycles. The van der Waals surface area contributed by atoms with Crippen molar-refractivity contribution in [2.45, 2.75) is 34.1 Å². The summed E-state index contributed by atoms with van der Waals surface area (Å²) in [4.78, 5) is 31.5. The molecule has 160 valence electrons. The Hall–Kier alpha value is -1.92. The minimum absolute atomic E-state index is 0.0239. The van der Waals surface area contributed by atoms with Crippen molar-refractivity contribution in [1.29, 1.82) is 0 Å². The first-order chi connectivity index (χ1) is 13.8. The number of piperazine rings is 1. The van der Waals surface area contributed by atoms with Crippen LogP contribution in [0.25, 0.3) is 0 Å². The predicted molar refractivity (Wildman–Crippen MR) is 117 cm³/mol. The van der Waals surface area contributed by atoms with E-state index in [-0.39, 0.29) is 11.8 Å². The van der Waals surface area contributed by atoms with Crippen molar-refractivity contribution in [3.63, 3.8) is 0 Å². The van der Waals surface area contributed by atoms with Gasteiger partial charge in [0.15, 0.2) is 0 Å². The van der Waals surface area contributed by atoms with Crippen LogP contribution in [-0.4, -0.2) is 78.9 Å². The van der Waals surface area contributed by atoms with E-state index in [1.54, 1.807) is 0 Å². The van der Waals surface area contributed by atoms with Gasteiger partial charge < -0.3 is 10.2 Å². The fraction of sp³-hybridized carbons (Fsp3) is 0.652. The van der Waals surface area contributed by atoms with Crippen LogP contribution < -0.4 is 5.32 Å². The molecule has 0 spiro atoms. The molecule has 2 amide bonds. The lowest BCUT2D eigenvalue weighted by atomic mass is 9.92. The number of carbonyl (C=O) groups excluding carboxylic acids is 2. The number of nitrogens with zero attached hydrogens (tertiary/aromatic N) is 3. The first-order valence-electron chi connectivity index (χ1n) is 10.9. The molecule has 2 aliphatic rings. The van der Waals surface area contributed by atoms with Gasteiger partial charge in [-0.2, -0.15) is 0 Å². The van der Waals surface area contributed by atoms with Crippen LogP contribution in [0.15, 0.2) is 18.2 Å². The maximum Gasteiger partial charge on any atom is 0.238 e. The van der Waals surface area contributed by atoms with Gasteiger partial charge in [-0.15, -0.1) is 0 Å². The molecule has 1 aromatic rings. The number of amides is 2. The first-order valence-corrected chi connectivity index (χ1v) is 10.9. The summed E-state index contributed by atoms with van der Waals surface area (Å²) in [6.07, 6.45) is 1.21. The summed E-state index contributed by atoms with van der Waals surface area (Å²) >= 11 is 0. The second-order valence-corrected chi connectivity index (χ2v) is 9.22. The molecule has 6 heteroatoms. The third-order valence-corrected chi connectivity index (χ3v) is 5.92. The smallest absolute Gasteiger partial charge is 0.238 e. The fourth-order valence-electron chi connectivity index (χ4n) is 4.71. The van der Waals surface area contributed by atoms with E-state index in [1.165, 1.54) is 6.42 Å². The summed E-state index contributed by atoms with van der Waals surface area (Å²) in [5, 5.41) is 3.01. The van der Waals surface area contributed by atoms with Crippen molar-refractivity contribution < 1.29 is 9.59 Å². The quantitative estimate of drug-likeness (QED) is 0.824. The van der Waals surface area contributed by atoms with Gasteiger partial charge in [-0.3, -0.25) is 19.4 Å². The number of piperidine rings is 1. The summed E-state index contributed by atoms with van der Waals surface area (Å²) < 4.78 is 0. The Morgan fingerprint density at radius 3 is 1.97 bits per heavy atom. The van der Waals surface area contributed by atoms with Crippen molar-refractivity contribution in [3.05, 3.63) is 29.3 Å². The van der Waals surface area contributed by atoms with E-state index < -0.39 is 0 Å². The van der Waals surface area contributed by atoms with Gasteiger partial charge in [-0.05, 0) is 55.4 Å². The number of likely N-dealkylation sites (tertiary alicyclic amines) is 1. The van der Waals surface area contributed by atoms with Gasteiger partial charge in [0.05, 0.1) is 13.1 Å². The van der Waals surface area contributed by atoms with Crippen LogP contribution in [0, 0.1) is 25.7 Å². The van der Waals surface area contributed by atoms with Crippen LogP contribution >= 0.6 is 0 Å². The van der Waals surface area contributed by atoms with Gasteiger partial charge in [0, 0.05) is 45.0 Å². The lowest BCUT2D eigenvalue weighted by Crippen LogP contribution is -2.52. The topological polar surface area (TPSA) is 55.9 Å². The Balaban J connectivity index is 1.41. The number of hydrogen-bond donors (Lipinski definition) is 1. The maximum atomic E-state index is 12.7. The van der Waals surface area contributed by atoms with E-state index >= 15 is 0 Å². The van der Waals surface area contributed by atoms with E-state index in [9.17, 15) is 9.59 Å². The summed E-state index contributed by atoms with van der Waals surface area (Å²) in [6, 6.07) is 6.09. The summed E-state index contributed by atoms with van der Waals surface area (Å²) in [5.74, 6) is 1.46. The number of anilines is 1. The van der Waals surface area contributed by atoms with Gasteiger partial charge in [0.25, 0.3) is 0 Å². The number of hydrogen-bond acceptors (Lipinski definition) is 4. The third-order valence-electron chi connectivity index (χ3n) is 5.92. The molecule has 0 bridgehead atoms. The Morgan fingerprint density at radius 1 is 0.897 bits per heavy atom. The maximum absolute atomic E-state index is 12.7. The Bertz CT molecular complexity index is 697. The number of carbonyl (C=O) groups is 2. The number of nitrogens with one attached hydrogen (secondary N) is 1. The van der Waals surface area contributed by atoms with Crippen molar-refractivity contribution in [2.24, 2.45) is 11.8 Å². The molecule has 2 fully saturated rings. The Kier molecular flexibility index (Phi) is 7.30. The van der Waals surface area contributed by atoms with Crippen LogP contribution in [-0.2, 0) is 9.59 Å². The predicted octanol–water partition coefficient (Wildman–Crippen LogP) is 2.36. The molecular weight excluding hydrogens is 364 g/mol. The summed E-state index contributed by atoms with van der Waals surface area (Å²) in [6.45, 7) is 14.5. The zero-order valence-electron chi connectivity index (χ0n) is 18.4. The average Bonchev–Trinajstić information content (AvgIpc) is 2.61. The highest BCUT2D eigenvalue weighted by atomic mass is 16.2. The number of aryl methyl sites for hydroxylation is 2. The molecule has 2 heterocycles. The number of rotatable bonds is 5. The molecule has 0 aliphatic carbocycles. The standard InChI is InChI=1S/C23H36N4O2/c1-17-9-18(2)12-21(11-17)24-22(28)15-25-5-7-26(8-6-25)16-23(29)27-13-19(3)10-20(4)14-27/h9,11-12,19-20H,5-8,10,13-16H2,1-4H3,(H,24,28)/t19-,20-/m1/s1.